The molecule has 0 bridgehead atoms. The second-order valence-corrected chi connectivity index (χ2v) is 7.94. The molecule has 0 aromatic carbocycles. The van der Waals surface area contributed by atoms with Crippen molar-refractivity contribution in [1.29, 1.82) is 0 Å². The average Bonchev–Trinajstić information content (AvgIpc) is 3.10. The van der Waals surface area contributed by atoms with Crippen molar-refractivity contribution in [2.75, 3.05) is 13.1 Å². The molecule has 1 amide bonds. The van der Waals surface area contributed by atoms with Gasteiger partial charge in [-0.3, -0.25) is 9.59 Å². The number of thiazole rings is 1. The van der Waals surface area contributed by atoms with Crippen LogP contribution in [-0.2, 0) is 16.0 Å². The number of carbonyl (C=O) groups is 2. The van der Waals surface area contributed by atoms with Gasteiger partial charge in [-0.25, -0.2) is 4.98 Å². The molecule has 3 atom stereocenters. The SMILES string of the molecule is CCc1csc(C2CCCN(C(=O)C3CCCC(C(=O)O)C3)C2)n1. The Balaban J connectivity index is 1.63. The number of aromatic nitrogens is 1. The van der Waals surface area contributed by atoms with E-state index in [1.807, 2.05) is 4.90 Å². The molecule has 0 radical (unpaired) electrons. The highest BCUT2D eigenvalue weighted by atomic mass is 32.1. The summed E-state index contributed by atoms with van der Waals surface area (Å²) in [6, 6.07) is 0. The summed E-state index contributed by atoms with van der Waals surface area (Å²) in [6.45, 7) is 3.65. The molecule has 6 heteroatoms. The number of carboxylic acid groups (broad SMARTS) is 1. The molecule has 3 unspecified atom stereocenters. The Bertz CT molecular complexity index is 601. The number of aryl methyl sites for hydroxylation is 1. The van der Waals surface area contributed by atoms with Crippen LogP contribution >= 0.6 is 11.3 Å². The van der Waals surface area contributed by atoms with Crippen molar-refractivity contribution < 1.29 is 14.7 Å². The Morgan fingerprint density at radius 3 is 2.79 bits per heavy atom. The van der Waals surface area contributed by atoms with Gasteiger partial charge in [0.15, 0.2) is 0 Å². The molecule has 2 heterocycles. The lowest BCUT2D eigenvalue weighted by Crippen LogP contribution is -2.43. The van der Waals surface area contributed by atoms with Crippen molar-refractivity contribution in [3.63, 3.8) is 0 Å². The van der Waals surface area contributed by atoms with Crippen LogP contribution in [0.1, 0.15) is 62.1 Å². The maximum atomic E-state index is 12.9. The number of rotatable bonds is 4. The first kappa shape index (κ1) is 17.4. The quantitative estimate of drug-likeness (QED) is 0.904. The lowest BCUT2D eigenvalue weighted by Gasteiger charge is -2.36. The monoisotopic (exact) mass is 350 g/mol. The molecule has 1 aliphatic carbocycles. The van der Waals surface area contributed by atoms with Gasteiger partial charge in [-0.2, -0.15) is 0 Å². The number of likely N-dealkylation sites (tertiary alicyclic amines) is 1. The number of nitrogens with zero attached hydrogens (tertiary/aromatic N) is 2. The van der Waals surface area contributed by atoms with Gasteiger partial charge in [0, 0.05) is 30.3 Å². The van der Waals surface area contributed by atoms with Gasteiger partial charge in [-0.1, -0.05) is 13.3 Å². The van der Waals surface area contributed by atoms with Gasteiger partial charge in [0.25, 0.3) is 0 Å². The third-order valence-electron chi connectivity index (χ3n) is 5.39. The molecule has 1 saturated heterocycles. The van der Waals surface area contributed by atoms with Gasteiger partial charge >= 0.3 is 5.97 Å². The van der Waals surface area contributed by atoms with Crippen LogP contribution in [0.4, 0.5) is 0 Å². The summed E-state index contributed by atoms with van der Waals surface area (Å²) >= 11 is 1.71. The van der Waals surface area contributed by atoms with Gasteiger partial charge in [0.1, 0.15) is 0 Å². The molecule has 0 spiro atoms. The molecule has 5 nitrogen and oxygen atoms in total. The second-order valence-electron chi connectivity index (χ2n) is 7.05. The number of aliphatic carboxylic acids is 1. The van der Waals surface area contributed by atoms with E-state index in [1.54, 1.807) is 11.3 Å². The summed E-state index contributed by atoms with van der Waals surface area (Å²) in [5.74, 6) is -0.704. The largest absolute Gasteiger partial charge is 0.481 e. The second kappa shape index (κ2) is 7.64. The van der Waals surface area contributed by atoms with E-state index in [4.69, 9.17) is 4.98 Å². The van der Waals surface area contributed by atoms with Gasteiger partial charge in [-0.05, 0) is 38.5 Å². The molecular formula is C18H26N2O3S. The van der Waals surface area contributed by atoms with E-state index in [-0.39, 0.29) is 17.7 Å². The predicted molar refractivity (Wildman–Crippen MR) is 93.1 cm³/mol. The third kappa shape index (κ3) is 3.79. The molecule has 1 aromatic rings. The Labute approximate surface area is 147 Å². The molecule has 2 fully saturated rings. The molecule has 1 N–H and O–H groups in total. The van der Waals surface area contributed by atoms with Crippen LogP contribution in [0.3, 0.4) is 0 Å². The van der Waals surface area contributed by atoms with Crippen LogP contribution in [-0.4, -0.2) is 40.0 Å². The Morgan fingerprint density at radius 2 is 2.08 bits per heavy atom. The van der Waals surface area contributed by atoms with E-state index >= 15 is 0 Å². The summed E-state index contributed by atoms with van der Waals surface area (Å²) in [7, 11) is 0. The summed E-state index contributed by atoms with van der Waals surface area (Å²) in [5, 5.41) is 12.5. The summed E-state index contributed by atoms with van der Waals surface area (Å²) in [6.07, 6.45) is 5.94. The van der Waals surface area contributed by atoms with Crippen molar-refractivity contribution in [2.45, 2.75) is 57.8 Å². The number of amides is 1. The van der Waals surface area contributed by atoms with Gasteiger partial charge in [-0.15, -0.1) is 11.3 Å². The Morgan fingerprint density at radius 1 is 1.29 bits per heavy atom. The summed E-state index contributed by atoms with van der Waals surface area (Å²) in [4.78, 5) is 30.8. The molecule has 1 saturated carbocycles. The fourth-order valence-electron chi connectivity index (χ4n) is 3.95. The van der Waals surface area contributed by atoms with E-state index in [0.717, 1.165) is 55.9 Å². The first-order valence-electron chi connectivity index (χ1n) is 9.04. The highest BCUT2D eigenvalue weighted by Crippen LogP contribution is 2.34. The predicted octanol–water partition coefficient (Wildman–Crippen LogP) is 3.30. The van der Waals surface area contributed by atoms with Crippen molar-refractivity contribution in [3.05, 3.63) is 16.1 Å². The van der Waals surface area contributed by atoms with E-state index in [1.165, 1.54) is 0 Å². The minimum absolute atomic E-state index is 0.110. The summed E-state index contributed by atoms with van der Waals surface area (Å²) < 4.78 is 0. The molecule has 1 aliphatic heterocycles. The topological polar surface area (TPSA) is 70.5 Å². The van der Waals surface area contributed by atoms with Crippen LogP contribution in [0.5, 0.6) is 0 Å². The van der Waals surface area contributed by atoms with Crippen molar-refractivity contribution in [3.8, 4) is 0 Å². The lowest BCUT2D eigenvalue weighted by molar-refractivity contribution is -0.145. The first-order valence-corrected chi connectivity index (χ1v) is 9.92. The smallest absolute Gasteiger partial charge is 0.306 e. The number of carboxylic acids is 1. The average molecular weight is 350 g/mol. The molecule has 132 valence electrons. The van der Waals surface area contributed by atoms with Crippen molar-refractivity contribution in [1.82, 2.24) is 9.88 Å². The van der Waals surface area contributed by atoms with Gasteiger partial charge in [0.05, 0.1) is 16.6 Å². The minimum atomic E-state index is -0.751. The molecule has 24 heavy (non-hydrogen) atoms. The van der Waals surface area contributed by atoms with E-state index in [0.29, 0.717) is 18.8 Å². The van der Waals surface area contributed by atoms with E-state index in [9.17, 15) is 14.7 Å². The third-order valence-corrected chi connectivity index (χ3v) is 6.44. The van der Waals surface area contributed by atoms with Crippen LogP contribution in [0.25, 0.3) is 0 Å². The maximum absolute atomic E-state index is 12.9. The maximum Gasteiger partial charge on any atom is 0.306 e. The fourth-order valence-corrected chi connectivity index (χ4v) is 4.98. The van der Waals surface area contributed by atoms with Crippen LogP contribution in [0.15, 0.2) is 5.38 Å². The van der Waals surface area contributed by atoms with Gasteiger partial charge < -0.3 is 10.0 Å². The highest BCUT2D eigenvalue weighted by molar-refractivity contribution is 7.09. The highest BCUT2D eigenvalue weighted by Gasteiger charge is 2.35. The standard InChI is InChI=1S/C18H26N2O3S/c1-2-15-11-24-16(19-15)14-7-4-8-20(10-14)17(21)12-5-3-6-13(9-12)18(22)23/h11-14H,2-10H2,1H3,(H,22,23). The molecular weight excluding hydrogens is 324 g/mol. The van der Waals surface area contributed by atoms with Crippen molar-refractivity contribution in [2.24, 2.45) is 11.8 Å². The Kier molecular flexibility index (Phi) is 5.54. The van der Waals surface area contributed by atoms with E-state index < -0.39 is 5.97 Å². The van der Waals surface area contributed by atoms with E-state index in [2.05, 4.69) is 12.3 Å². The number of piperidine rings is 1. The van der Waals surface area contributed by atoms with Gasteiger partial charge in [0.2, 0.25) is 5.91 Å². The normalized spacial score (nSPS) is 27.9. The van der Waals surface area contributed by atoms with Crippen molar-refractivity contribution >= 4 is 23.2 Å². The lowest BCUT2D eigenvalue weighted by atomic mass is 9.80. The van der Waals surface area contributed by atoms with Crippen LogP contribution in [0, 0.1) is 11.8 Å². The zero-order chi connectivity index (χ0) is 17.1. The number of hydrogen-bond donors (Lipinski definition) is 1. The minimum Gasteiger partial charge on any atom is -0.481 e. The number of carbonyl (C=O) groups excluding carboxylic acids is 1. The van der Waals surface area contributed by atoms with Crippen LogP contribution < -0.4 is 0 Å². The number of hydrogen-bond acceptors (Lipinski definition) is 4. The Hall–Kier alpha value is -1.43. The zero-order valence-corrected chi connectivity index (χ0v) is 15.1. The zero-order valence-electron chi connectivity index (χ0n) is 14.2. The summed E-state index contributed by atoms with van der Waals surface area (Å²) in [5.41, 5.74) is 1.13. The molecule has 3 rings (SSSR count). The molecule has 2 aliphatic rings. The first-order chi connectivity index (χ1) is 11.6. The van der Waals surface area contributed by atoms with Crippen LogP contribution in [0.2, 0.25) is 0 Å². The molecule has 1 aromatic heterocycles. The fraction of sp³-hybridized carbons (Fsp3) is 0.722.